The number of nitrogens with one attached hydrogen (secondary N) is 1. The second-order valence-corrected chi connectivity index (χ2v) is 5.46. The maximum Gasteiger partial charge on any atom is 0.151 e. The average Bonchev–Trinajstić information content (AvgIpc) is 3.17. The summed E-state index contributed by atoms with van der Waals surface area (Å²) in [6.45, 7) is 6.15. The first-order valence-electron chi connectivity index (χ1n) is 7.82. The smallest absolute Gasteiger partial charge is 0.151 e. The zero-order chi connectivity index (χ0) is 14.5. The van der Waals surface area contributed by atoms with Gasteiger partial charge in [-0.15, -0.1) is 0 Å². The molecule has 1 aliphatic heterocycles. The van der Waals surface area contributed by atoms with E-state index in [0.717, 1.165) is 49.9 Å². The lowest BCUT2D eigenvalue weighted by Crippen LogP contribution is -2.21. The first kappa shape index (κ1) is 13.9. The first-order chi connectivity index (χ1) is 10.4. The van der Waals surface area contributed by atoms with Gasteiger partial charge in [0.1, 0.15) is 5.82 Å². The van der Waals surface area contributed by atoms with Gasteiger partial charge in [0.2, 0.25) is 0 Å². The molecule has 1 saturated heterocycles. The maximum absolute atomic E-state index is 4.56. The van der Waals surface area contributed by atoms with Gasteiger partial charge in [0, 0.05) is 38.2 Å². The summed E-state index contributed by atoms with van der Waals surface area (Å²) in [4.78, 5) is 11.4. The van der Waals surface area contributed by atoms with Crippen molar-refractivity contribution in [1.29, 1.82) is 0 Å². The molecular weight excluding hydrogens is 262 g/mol. The molecular formula is C16H23N5. The van der Waals surface area contributed by atoms with Crippen LogP contribution in [0, 0.1) is 0 Å². The molecule has 5 heteroatoms. The molecule has 112 valence electrons. The number of imidazole rings is 1. The standard InChI is InChI=1S/C16H23N5/c1-2-9-20-12-8-17-15(20)13-19-14-6-5-7-18-16(14)21-10-3-4-11-21/h5-8,12,19H,2-4,9-11,13H2,1H3. The minimum absolute atomic E-state index is 0.736. The normalized spacial score (nSPS) is 14.6. The van der Waals surface area contributed by atoms with E-state index in [1.165, 1.54) is 12.8 Å². The molecule has 2 aromatic heterocycles. The predicted octanol–water partition coefficient (Wildman–Crippen LogP) is 2.90. The highest BCUT2D eigenvalue weighted by Crippen LogP contribution is 2.26. The Labute approximate surface area is 126 Å². The zero-order valence-corrected chi connectivity index (χ0v) is 12.6. The summed E-state index contributed by atoms with van der Waals surface area (Å²) < 4.78 is 2.21. The number of pyridine rings is 1. The van der Waals surface area contributed by atoms with Gasteiger partial charge >= 0.3 is 0 Å². The van der Waals surface area contributed by atoms with Crippen LogP contribution in [0.2, 0.25) is 0 Å². The third-order valence-corrected chi connectivity index (χ3v) is 3.90. The molecule has 21 heavy (non-hydrogen) atoms. The van der Waals surface area contributed by atoms with Crippen LogP contribution < -0.4 is 10.2 Å². The van der Waals surface area contributed by atoms with Crippen LogP contribution in [0.5, 0.6) is 0 Å². The fourth-order valence-electron chi connectivity index (χ4n) is 2.84. The predicted molar refractivity (Wildman–Crippen MR) is 85.5 cm³/mol. The number of nitrogens with zero attached hydrogens (tertiary/aromatic N) is 4. The van der Waals surface area contributed by atoms with E-state index in [1.807, 2.05) is 24.7 Å². The summed E-state index contributed by atoms with van der Waals surface area (Å²) >= 11 is 0. The van der Waals surface area contributed by atoms with Crippen molar-refractivity contribution in [3.8, 4) is 0 Å². The largest absolute Gasteiger partial charge is 0.375 e. The second-order valence-electron chi connectivity index (χ2n) is 5.46. The van der Waals surface area contributed by atoms with Gasteiger partial charge in [-0.1, -0.05) is 6.92 Å². The summed E-state index contributed by atoms with van der Waals surface area (Å²) in [6.07, 6.45) is 9.43. The Morgan fingerprint density at radius 3 is 2.86 bits per heavy atom. The van der Waals surface area contributed by atoms with Gasteiger partial charge in [-0.2, -0.15) is 0 Å². The number of aromatic nitrogens is 3. The monoisotopic (exact) mass is 285 g/mol. The molecule has 0 saturated carbocycles. The number of rotatable bonds is 6. The van der Waals surface area contributed by atoms with Crippen LogP contribution in [0.15, 0.2) is 30.7 Å². The van der Waals surface area contributed by atoms with Gasteiger partial charge in [-0.25, -0.2) is 9.97 Å². The Morgan fingerprint density at radius 2 is 2.05 bits per heavy atom. The molecule has 0 bridgehead atoms. The highest BCUT2D eigenvalue weighted by molar-refractivity contribution is 5.65. The Kier molecular flexibility index (Phi) is 4.38. The van der Waals surface area contributed by atoms with E-state index >= 15 is 0 Å². The van der Waals surface area contributed by atoms with E-state index in [2.05, 4.69) is 37.7 Å². The lowest BCUT2D eigenvalue weighted by atomic mass is 10.3. The van der Waals surface area contributed by atoms with Crippen molar-refractivity contribution >= 4 is 11.5 Å². The number of anilines is 2. The molecule has 1 N–H and O–H groups in total. The molecule has 3 heterocycles. The van der Waals surface area contributed by atoms with Crippen LogP contribution in [-0.2, 0) is 13.1 Å². The Morgan fingerprint density at radius 1 is 1.19 bits per heavy atom. The van der Waals surface area contributed by atoms with Gasteiger partial charge in [0.05, 0.1) is 12.2 Å². The second kappa shape index (κ2) is 6.61. The van der Waals surface area contributed by atoms with Crippen molar-refractivity contribution in [3.05, 3.63) is 36.5 Å². The minimum atomic E-state index is 0.736. The zero-order valence-electron chi connectivity index (χ0n) is 12.6. The highest BCUT2D eigenvalue weighted by Gasteiger charge is 2.16. The number of hydrogen-bond acceptors (Lipinski definition) is 4. The number of hydrogen-bond donors (Lipinski definition) is 1. The van der Waals surface area contributed by atoms with E-state index < -0.39 is 0 Å². The summed E-state index contributed by atoms with van der Waals surface area (Å²) in [5, 5.41) is 3.50. The van der Waals surface area contributed by atoms with Crippen molar-refractivity contribution in [2.45, 2.75) is 39.3 Å². The molecule has 0 spiro atoms. The molecule has 3 rings (SSSR count). The van der Waals surface area contributed by atoms with Crippen molar-refractivity contribution < 1.29 is 0 Å². The van der Waals surface area contributed by atoms with Gasteiger partial charge in [-0.05, 0) is 31.4 Å². The van der Waals surface area contributed by atoms with Crippen molar-refractivity contribution in [3.63, 3.8) is 0 Å². The molecule has 1 fully saturated rings. The Hall–Kier alpha value is -2.04. The summed E-state index contributed by atoms with van der Waals surface area (Å²) in [7, 11) is 0. The van der Waals surface area contributed by atoms with E-state index in [0.29, 0.717) is 0 Å². The van der Waals surface area contributed by atoms with E-state index in [9.17, 15) is 0 Å². The molecule has 0 radical (unpaired) electrons. The van der Waals surface area contributed by atoms with Crippen LogP contribution in [0.25, 0.3) is 0 Å². The molecule has 2 aromatic rings. The van der Waals surface area contributed by atoms with Crippen LogP contribution in [0.1, 0.15) is 32.0 Å². The van der Waals surface area contributed by atoms with Gasteiger partial charge < -0.3 is 14.8 Å². The van der Waals surface area contributed by atoms with E-state index in [-0.39, 0.29) is 0 Å². The average molecular weight is 285 g/mol. The molecule has 0 amide bonds. The lowest BCUT2D eigenvalue weighted by Gasteiger charge is -2.20. The molecule has 1 aliphatic rings. The highest BCUT2D eigenvalue weighted by atomic mass is 15.2. The summed E-state index contributed by atoms with van der Waals surface area (Å²) in [5.74, 6) is 2.15. The van der Waals surface area contributed by atoms with E-state index in [4.69, 9.17) is 0 Å². The topological polar surface area (TPSA) is 46.0 Å². The Bertz CT molecular complexity index is 572. The van der Waals surface area contributed by atoms with Crippen LogP contribution >= 0.6 is 0 Å². The summed E-state index contributed by atoms with van der Waals surface area (Å²) in [5.41, 5.74) is 1.10. The van der Waals surface area contributed by atoms with Crippen molar-refractivity contribution in [2.75, 3.05) is 23.3 Å². The van der Waals surface area contributed by atoms with Crippen LogP contribution in [-0.4, -0.2) is 27.6 Å². The van der Waals surface area contributed by atoms with Crippen LogP contribution in [0.4, 0.5) is 11.5 Å². The van der Waals surface area contributed by atoms with Gasteiger partial charge in [-0.3, -0.25) is 0 Å². The van der Waals surface area contributed by atoms with Crippen LogP contribution in [0.3, 0.4) is 0 Å². The molecule has 0 atom stereocenters. The molecule has 5 nitrogen and oxygen atoms in total. The fraction of sp³-hybridized carbons (Fsp3) is 0.500. The Balaban J connectivity index is 1.71. The maximum atomic E-state index is 4.56. The minimum Gasteiger partial charge on any atom is -0.375 e. The first-order valence-corrected chi connectivity index (χ1v) is 7.82. The third kappa shape index (κ3) is 3.17. The molecule has 0 aromatic carbocycles. The lowest BCUT2D eigenvalue weighted by molar-refractivity contribution is 0.644. The SMILES string of the molecule is CCCn1ccnc1CNc1cccnc1N1CCCC1. The van der Waals surface area contributed by atoms with Gasteiger partial charge in [0.15, 0.2) is 5.82 Å². The fourth-order valence-corrected chi connectivity index (χ4v) is 2.84. The van der Waals surface area contributed by atoms with Crippen molar-refractivity contribution in [1.82, 2.24) is 14.5 Å². The third-order valence-electron chi connectivity index (χ3n) is 3.90. The van der Waals surface area contributed by atoms with Crippen molar-refractivity contribution in [2.24, 2.45) is 0 Å². The number of aryl methyl sites for hydroxylation is 1. The molecule has 0 unspecified atom stereocenters. The summed E-state index contributed by atoms with van der Waals surface area (Å²) in [6, 6.07) is 4.09. The quantitative estimate of drug-likeness (QED) is 0.886. The van der Waals surface area contributed by atoms with Gasteiger partial charge in [0.25, 0.3) is 0 Å². The van der Waals surface area contributed by atoms with E-state index in [1.54, 1.807) is 0 Å². The molecule has 0 aliphatic carbocycles.